The quantitative estimate of drug-likeness (QED) is 0.866. The van der Waals surface area contributed by atoms with Crippen molar-refractivity contribution in [1.82, 2.24) is 5.32 Å². The van der Waals surface area contributed by atoms with Crippen molar-refractivity contribution in [3.8, 4) is 11.5 Å². The van der Waals surface area contributed by atoms with Gasteiger partial charge in [-0.2, -0.15) is 0 Å². The van der Waals surface area contributed by atoms with Crippen molar-refractivity contribution < 1.29 is 19.4 Å². The average molecular weight is 281 g/mol. The van der Waals surface area contributed by atoms with Crippen LogP contribution in [0, 0.1) is 0 Å². The third-order valence-electron chi connectivity index (χ3n) is 3.61. The first-order valence-corrected chi connectivity index (χ1v) is 6.39. The summed E-state index contributed by atoms with van der Waals surface area (Å²) >= 11 is 0. The van der Waals surface area contributed by atoms with Crippen LogP contribution in [0.2, 0.25) is 0 Å². The van der Waals surface area contributed by atoms with Crippen LogP contribution in [0.15, 0.2) is 18.2 Å². The Morgan fingerprint density at radius 1 is 1.15 bits per heavy atom. The molecule has 0 aromatic heterocycles. The molecule has 0 saturated heterocycles. The maximum Gasteiger partial charge on any atom is 0.255 e. The van der Waals surface area contributed by atoms with E-state index in [4.69, 9.17) is 9.47 Å². The van der Waals surface area contributed by atoms with Gasteiger partial charge in [-0.05, 0) is 45.9 Å². The minimum Gasteiger partial charge on any atom is -0.497 e. The molecule has 5 nitrogen and oxygen atoms in total. The van der Waals surface area contributed by atoms with Crippen LogP contribution in [0.5, 0.6) is 11.5 Å². The molecule has 2 N–H and O–H groups in total. The van der Waals surface area contributed by atoms with Gasteiger partial charge in [0, 0.05) is 0 Å². The number of rotatable bonds is 5. The summed E-state index contributed by atoms with van der Waals surface area (Å²) in [7, 11) is 3.03. The van der Waals surface area contributed by atoms with Gasteiger partial charge in [-0.1, -0.05) is 0 Å². The lowest BCUT2D eigenvalue weighted by atomic mass is 9.85. The lowest BCUT2D eigenvalue weighted by Gasteiger charge is -2.38. The summed E-state index contributed by atoms with van der Waals surface area (Å²) in [6.45, 7) is 6.82. The number of hydrogen-bond donors (Lipinski definition) is 2. The Bertz CT molecular complexity index is 489. The molecule has 0 fully saturated rings. The molecule has 0 aliphatic heterocycles. The first-order valence-electron chi connectivity index (χ1n) is 6.39. The highest BCUT2D eigenvalue weighted by molar-refractivity contribution is 5.97. The number of methoxy groups -OCH3 is 2. The van der Waals surface area contributed by atoms with E-state index in [0.717, 1.165) is 0 Å². The van der Waals surface area contributed by atoms with Gasteiger partial charge in [0.15, 0.2) is 0 Å². The van der Waals surface area contributed by atoms with Gasteiger partial charge in [-0.15, -0.1) is 0 Å². The van der Waals surface area contributed by atoms with Gasteiger partial charge in [0.25, 0.3) is 5.91 Å². The Balaban J connectivity index is 3.09. The van der Waals surface area contributed by atoms with Crippen molar-refractivity contribution in [3.05, 3.63) is 23.8 Å². The number of amides is 1. The third kappa shape index (κ3) is 3.42. The van der Waals surface area contributed by atoms with Gasteiger partial charge in [-0.25, -0.2) is 0 Å². The lowest BCUT2D eigenvalue weighted by molar-refractivity contribution is -0.00298. The Kier molecular flexibility index (Phi) is 4.65. The van der Waals surface area contributed by atoms with E-state index in [0.29, 0.717) is 17.1 Å². The molecule has 0 saturated carbocycles. The second-order valence-corrected chi connectivity index (χ2v) is 5.70. The second kappa shape index (κ2) is 5.71. The van der Waals surface area contributed by atoms with Crippen molar-refractivity contribution in [1.29, 1.82) is 0 Å². The van der Waals surface area contributed by atoms with E-state index < -0.39 is 11.1 Å². The van der Waals surface area contributed by atoms with Crippen LogP contribution in [0.1, 0.15) is 38.1 Å². The van der Waals surface area contributed by atoms with Crippen LogP contribution in [-0.4, -0.2) is 36.4 Å². The molecule has 0 atom stereocenters. The Morgan fingerprint density at radius 2 is 1.75 bits per heavy atom. The van der Waals surface area contributed by atoms with Crippen LogP contribution < -0.4 is 14.8 Å². The van der Waals surface area contributed by atoms with Gasteiger partial charge in [0.2, 0.25) is 0 Å². The normalized spacial score (nSPS) is 11.9. The van der Waals surface area contributed by atoms with E-state index in [1.54, 1.807) is 45.9 Å². The molecular weight excluding hydrogens is 258 g/mol. The zero-order chi connectivity index (χ0) is 15.6. The van der Waals surface area contributed by atoms with Crippen molar-refractivity contribution in [2.24, 2.45) is 0 Å². The van der Waals surface area contributed by atoms with Crippen LogP contribution in [0.3, 0.4) is 0 Å². The fourth-order valence-electron chi connectivity index (χ4n) is 1.50. The molecule has 20 heavy (non-hydrogen) atoms. The Morgan fingerprint density at radius 3 is 2.20 bits per heavy atom. The molecule has 0 radical (unpaired) electrons. The summed E-state index contributed by atoms with van der Waals surface area (Å²) in [6.07, 6.45) is 0. The van der Waals surface area contributed by atoms with Crippen molar-refractivity contribution in [2.45, 2.75) is 38.8 Å². The summed E-state index contributed by atoms with van der Waals surface area (Å²) < 4.78 is 10.3. The maximum atomic E-state index is 12.4. The first kappa shape index (κ1) is 16.3. The predicted octanol–water partition coefficient (Wildman–Crippen LogP) is 1.98. The van der Waals surface area contributed by atoms with Crippen molar-refractivity contribution in [3.63, 3.8) is 0 Å². The van der Waals surface area contributed by atoms with Crippen molar-refractivity contribution in [2.75, 3.05) is 14.2 Å². The summed E-state index contributed by atoms with van der Waals surface area (Å²) in [5.41, 5.74) is -1.49. The number of aliphatic hydroxyl groups is 1. The number of carbonyl (C=O) groups excluding carboxylic acids is 1. The van der Waals surface area contributed by atoms with E-state index in [2.05, 4.69) is 5.32 Å². The minimum atomic E-state index is -1.06. The minimum absolute atomic E-state index is 0.326. The largest absolute Gasteiger partial charge is 0.497 e. The molecule has 0 aliphatic rings. The van der Waals surface area contributed by atoms with Crippen molar-refractivity contribution >= 4 is 5.91 Å². The van der Waals surface area contributed by atoms with E-state index in [1.807, 2.05) is 0 Å². The summed E-state index contributed by atoms with van der Waals surface area (Å²) in [6, 6.07) is 5.00. The molecule has 1 aromatic carbocycles. The molecule has 1 amide bonds. The van der Waals surface area contributed by atoms with Crippen LogP contribution in [0.4, 0.5) is 0 Å². The van der Waals surface area contributed by atoms with E-state index in [-0.39, 0.29) is 5.91 Å². The Labute approximate surface area is 119 Å². The van der Waals surface area contributed by atoms with Gasteiger partial charge in [0.1, 0.15) is 11.5 Å². The standard InChI is InChI=1S/C15H23NO4/c1-14(2,15(3,4)18)16-13(17)11-9-10(19-5)7-8-12(11)20-6/h7-9,18H,1-6H3,(H,16,17). The third-order valence-corrected chi connectivity index (χ3v) is 3.61. The Hall–Kier alpha value is -1.75. The number of benzene rings is 1. The van der Waals surface area contributed by atoms with Crippen LogP contribution in [0.25, 0.3) is 0 Å². The number of ether oxygens (including phenoxy) is 2. The van der Waals surface area contributed by atoms with Gasteiger partial charge in [-0.3, -0.25) is 4.79 Å². The number of hydrogen-bond acceptors (Lipinski definition) is 4. The first-order chi connectivity index (χ1) is 9.12. The predicted molar refractivity (Wildman–Crippen MR) is 77.4 cm³/mol. The highest BCUT2D eigenvalue weighted by atomic mass is 16.5. The summed E-state index contributed by atoms with van der Waals surface area (Å²) in [5.74, 6) is 0.694. The average Bonchev–Trinajstić information content (AvgIpc) is 2.36. The van der Waals surface area contributed by atoms with E-state index in [1.165, 1.54) is 14.2 Å². The smallest absolute Gasteiger partial charge is 0.255 e. The number of carbonyl (C=O) groups is 1. The molecule has 0 unspecified atom stereocenters. The molecule has 5 heteroatoms. The molecule has 0 bridgehead atoms. The van der Waals surface area contributed by atoms with Gasteiger partial charge < -0.3 is 19.9 Å². The fraction of sp³-hybridized carbons (Fsp3) is 0.533. The summed E-state index contributed by atoms with van der Waals surface area (Å²) in [4.78, 5) is 12.4. The van der Waals surface area contributed by atoms with Crippen LogP contribution >= 0.6 is 0 Å². The van der Waals surface area contributed by atoms with Crippen LogP contribution in [-0.2, 0) is 0 Å². The van der Waals surface area contributed by atoms with Gasteiger partial charge in [0.05, 0.1) is 30.9 Å². The monoisotopic (exact) mass is 281 g/mol. The maximum absolute atomic E-state index is 12.4. The molecule has 112 valence electrons. The molecular formula is C15H23NO4. The highest BCUT2D eigenvalue weighted by Crippen LogP contribution is 2.26. The summed E-state index contributed by atoms with van der Waals surface area (Å²) in [5, 5.41) is 12.9. The molecule has 0 aliphatic carbocycles. The second-order valence-electron chi connectivity index (χ2n) is 5.70. The highest BCUT2D eigenvalue weighted by Gasteiger charge is 2.37. The SMILES string of the molecule is COc1ccc(OC)c(C(=O)NC(C)(C)C(C)(C)O)c1. The van der Waals surface area contributed by atoms with E-state index in [9.17, 15) is 9.90 Å². The molecule has 1 rings (SSSR count). The lowest BCUT2D eigenvalue weighted by Crippen LogP contribution is -2.57. The molecule has 0 spiro atoms. The zero-order valence-corrected chi connectivity index (χ0v) is 12.9. The zero-order valence-electron chi connectivity index (χ0n) is 12.9. The molecule has 1 aromatic rings. The molecule has 0 heterocycles. The number of nitrogens with one attached hydrogen (secondary N) is 1. The van der Waals surface area contributed by atoms with E-state index >= 15 is 0 Å². The van der Waals surface area contributed by atoms with Gasteiger partial charge >= 0.3 is 0 Å². The topological polar surface area (TPSA) is 67.8 Å². The fourth-order valence-corrected chi connectivity index (χ4v) is 1.50.